The van der Waals surface area contributed by atoms with Gasteiger partial charge in [-0.25, -0.2) is 0 Å². The first kappa shape index (κ1) is 29.1. The molecule has 2 saturated carbocycles. The molecule has 1 aromatic carbocycles. The van der Waals surface area contributed by atoms with Gasteiger partial charge in [0.1, 0.15) is 5.75 Å². The number of carbonyl (C=O) groups is 5. The van der Waals surface area contributed by atoms with E-state index in [9.17, 15) is 34.2 Å². The zero-order valence-corrected chi connectivity index (χ0v) is 24.2. The van der Waals surface area contributed by atoms with Gasteiger partial charge in [-0.3, -0.25) is 28.9 Å². The van der Waals surface area contributed by atoms with Crippen LogP contribution in [-0.4, -0.2) is 69.9 Å². The maximum Gasteiger partial charge on any atom is 0.235 e. The zero-order chi connectivity index (χ0) is 30.2. The molecule has 1 amide bonds. The highest BCUT2D eigenvalue weighted by Gasteiger charge is 2.69. The summed E-state index contributed by atoms with van der Waals surface area (Å²) in [5.41, 5.74) is 6.65. The van der Waals surface area contributed by atoms with Crippen molar-refractivity contribution >= 4 is 34.6 Å². The highest BCUT2D eigenvalue weighted by molar-refractivity contribution is 6.32. The molecule has 9 nitrogen and oxygen atoms in total. The number of nitrogens with zero attached hydrogens (tertiary/aromatic N) is 1. The standard InChI is InChI=1S/C32H38N2O7/c1-31(2,3)11-10-15-6-7-16(12-15)18-8-9-21(35)23-19(18)13-17-14-20-25(34(4)5)27(37)24(30(33)40)29(39)32(20,41)28(38)22(17)26(23)36/h6-9,17,20,22,24-25,35,41H,10-14H2,1-5H3,(H2,33,40)/t17-,20-,22?,24?,25-,32-/m1/s1. The fourth-order valence-corrected chi connectivity index (χ4v) is 7.38. The number of phenols is 1. The molecule has 0 bridgehead atoms. The average molecular weight is 563 g/mol. The molecule has 0 spiro atoms. The summed E-state index contributed by atoms with van der Waals surface area (Å²) in [6, 6.07) is 2.12. The smallest absolute Gasteiger partial charge is 0.235 e. The number of aliphatic hydroxyl groups is 1. The van der Waals surface area contributed by atoms with Crippen molar-refractivity contribution in [3.8, 4) is 5.75 Å². The van der Waals surface area contributed by atoms with Crippen molar-refractivity contribution < 1.29 is 34.2 Å². The number of rotatable bonds is 5. The van der Waals surface area contributed by atoms with E-state index in [4.69, 9.17) is 5.73 Å². The van der Waals surface area contributed by atoms with Crippen molar-refractivity contribution in [1.29, 1.82) is 0 Å². The van der Waals surface area contributed by atoms with Crippen LogP contribution in [0.15, 0.2) is 29.9 Å². The van der Waals surface area contributed by atoms with Gasteiger partial charge in [0.25, 0.3) is 0 Å². The molecule has 2 unspecified atom stereocenters. The van der Waals surface area contributed by atoms with Crippen molar-refractivity contribution in [1.82, 2.24) is 4.90 Å². The van der Waals surface area contributed by atoms with Crippen LogP contribution >= 0.6 is 0 Å². The number of hydrogen-bond acceptors (Lipinski definition) is 8. The number of nitrogens with two attached hydrogens (primary N) is 1. The second-order valence-electron chi connectivity index (χ2n) is 13.5. The van der Waals surface area contributed by atoms with Gasteiger partial charge in [-0.15, -0.1) is 0 Å². The van der Waals surface area contributed by atoms with Crippen LogP contribution in [0.5, 0.6) is 5.75 Å². The Morgan fingerprint density at radius 1 is 1.10 bits per heavy atom. The van der Waals surface area contributed by atoms with Crippen LogP contribution in [0.1, 0.15) is 67.9 Å². The quantitative estimate of drug-likeness (QED) is 0.462. The Kier molecular flexibility index (Phi) is 6.98. The van der Waals surface area contributed by atoms with E-state index in [1.54, 1.807) is 20.2 Å². The molecular formula is C32H38N2O7. The number of primary amides is 1. The van der Waals surface area contributed by atoms with E-state index in [0.717, 1.165) is 30.4 Å². The zero-order valence-electron chi connectivity index (χ0n) is 24.2. The average Bonchev–Trinajstić information content (AvgIpc) is 3.33. The highest BCUT2D eigenvalue weighted by Crippen LogP contribution is 2.52. The molecule has 4 N–H and O–H groups in total. The maximum atomic E-state index is 14.0. The van der Waals surface area contributed by atoms with Crippen LogP contribution < -0.4 is 5.73 Å². The van der Waals surface area contributed by atoms with Gasteiger partial charge < -0.3 is 15.9 Å². The van der Waals surface area contributed by atoms with Crippen LogP contribution in [0.4, 0.5) is 0 Å². The Balaban J connectivity index is 1.53. The van der Waals surface area contributed by atoms with Crippen molar-refractivity contribution in [2.24, 2.45) is 34.8 Å². The molecule has 0 aromatic heterocycles. The third-order valence-electron chi connectivity index (χ3n) is 9.42. The topological polar surface area (TPSA) is 155 Å². The largest absolute Gasteiger partial charge is 0.507 e. The Morgan fingerprint density at radius 2 is 1.78 bits per heavy atom. The minimum atomic E-state index is -2.72. The lowest BCUT2D eigenvalue weighted by Gasteiger charge is -2.52. The molecule has 6 atom stereocenters. The number of Topliss-reactive ketones (excluding diaryl/α,β-unsaturated/α-hetero) is 4. The molecule has 9 heteroatoms. The minimum Gasteiger partial charge on any atom is -0.507 e. The SMILES string of the molecule is CN(C)[C@H]1C(=O)C(C(N)=O)C(=O)[C@]2(O)C(=O)C3C(=O)c4c(O)ccc(C5=CC=C(CCC(C)(C)C)C5)c4C[C@@H]3C[C@H]12. The van der Waals surface area contributed by atoms with Crippen LogP contribution in [0.3, 0.4) is 0 Å². The van der Waals surface area contributed by atoms with Gasteiger partial charge >= 0.3 is 0 Å². The van der Waals surface area contributed by atoms with Gasteiger partial charge in [0.05, 0.1) is 17.5 Å². The highest BCUT2D eigenvalue weighted by atomic mass is 16.3. The van der Waals surface area contributed by atoms with Crippen molar-refractivity contribution in [3.05, 3.63) is 46.5 Å². The van der Waals surface area contributed by atoms with E-state index in [0.29, 0.717) is 5.56 Å². The number of hydrogen-bond donors (Lipinski definition) is 3. The number of ketones is 4. The molecule has 218 valence electrons. The summed E-state index contributed by atoms with van der Waals surface area (Å²) < 4.78 is 0. The van der Waals surface area contributed by atoms with Gasteiger partial charge in [-0.1, -0.05) is 44.6 Å². The van der Waals surface area contributed by atoms with Crippen LogP contribution in [-0.2, 0) is 25.6 Å². The molecule has 4 aliphatic carbocycles. The molecular weight excluding hydrogens is 524 g/mol. The molecule has 2 fully saturated rings. The fourth-order valence-electron chi connectivity index (χ4n) is 7.38. The normalized spacial score (nSPS) is 31.4. The summed E-state index contributed by atoms with van der Waals surface area (Å²) in [5.74, 6) is -10.3. The fraction of sp³-hybridized carbons (Fsp3) is 0.531. The molecule has 0 saturated heterocycles. The van der Waals surface area contributed by atoms with Crippen LogP contribution in [0.25, 0.3) is 5.57 Å². The summed E-state index contributed by atoms with van der Waals surface area (Å²) in [6.45, 7) is 6.60. The van der Waals surface area contributed by atoms with Crippen molar-refractivity contribution in [3.63, 3.8) is 0 Å². The van der Waals surface area contributed by atoms with Crippen LogP contribution in [0, 0.1) is 29.1 Å². The van der Waals surface area contributed by atoms with Gasteiger partial charge in [0, 0.05) is 5.92 Å². The number of allylic oxidation sites excluding steroid dienone is 4. The summed E-state index contributed by atoms with van der Waals surface area (Å²) in [5, 5.41) is 22.5. The molecule has 0 radical (unpaired) electrons. The summed E-state index contributed by atoms with van der Waals surface area (Å²) in [7, 11) is 3.14. The van der Waals surface area contributed by atoms with Crippen molar-refractivity contribution in [2.45, 2.75) is 64.5 Å². The predicted molar refractivity (Wildman–Crippen MR) is 151 cm³/mol. The van der Waals surface area contributed by atoms with E-state index >= 15 is 0 Å². The molecule has 5 rings (SSSR count). The summed E-state index contributed by atoms with van der Waals surface area (Å²) in [6.07, 6.45) is 7.13. The van der Waals surface area contributed by atoms with Gasteiger partial charge in [-0.2, -0.15) is 0 Å². The monoisotopic (exact) mass is 562 g/mol. The number of phenolic OH excluding ortho intramolecular Hbond substituents is 1. The maximum absolute atomic E-state index is 14.0. The Hall–Kier alpha value is -3.43. The Morgan fingerprint density at radius 3 is 2.39 bits per heavy atom. The van der Waals surface area contributed by atoms with E-state index < -0.39 is 64.4 Å². The molecule has 4 aliphatic rings. The number of likely N-dealkylation sites (N-methyl/N-ethyl adjacent to an activating group) is 1. The Labute approximate surface area is 239 Å². The second-order valence-corrected chi connectivity index (χ2v) is 13.5. The lowest BCUT2D eigenvalue weighted by Crippen LogP contribution is -2.74. The molecule has 1 aromatic rings. The van der Waals surface area contributed by atoms with E-state index in [1.807, 2.05) is 6.08 Å². The van der Waals surface area contributed by atoms with E-state index in [2.05, 4.69) is 26.8 Å². The first-order valence-electron chi connectivity index (χ1n) is 14.2. The number of carbonyl (C=O) groups excluding carboxylic acids is 5. The third-order valence-corrected chi connectivity index (χ3v) is 9.42. The predicted octanol–water partition coefficient (Wildman–Crippen LogP) is 2.41. The van der Waals surface area contributed by atoms with E-state index in [1.165, 1.54) is 16.5 Å². The second kappa shape index (κ2) is 9.84. The number of amides is 1. The lowest BCUT2D eigenvalue weighted by molar-refractivity contribution is -0.181. The minimum absolute atomic E-state index is 0.0261. The first-order valence-corrected chi connectivity index (χ1v) is 14.2. The van der Waals surface area contributed by atoms with Gasteiger partial charge in [0.15, 0.2) is 34.7 Å². The Bertz CT molecular complexity index is 1450. The molecule has 0 aliphatic heterocycles. The molecule has 41 heavy (non-hydrogen) atoms. The van der Waals surface area contributed by atoms with Crippen LogP contribution in [0.2, 0.25) is 0 Å². The third kappa shape index (κ3) is 4.50. The number of aromatic hydroxyl groups is 1. The van der Waals surface area contributed by atoms with Gasteiger partial charge in [-0.05, 0) is 80.3 Å². The van der Waals surface area contributed by atoms with E-state index in [-0.39, 0.29) is 29.6 Å². The van der Waals surface area contributed by atoms with Crippen molar-refractivity contribution in [2.75, 3.05) is 14.1 Å². The van der Waals surface area contributed by atoms with Gasteiger partial charge in [0.2, 0.25) is 5.91 Å². The number of benzene rings is 1. The first-order chi connectivity index (χ1) is 19.1. The summed E-state index contributed by atoms with van der Waals surface area (Å²) in [4.78, 5) is 68.2. The lowest BCUT2D eigenvalue weighted by atomic mass is 9.52. The summed E-state index contributed by atoms with van der Waals surface area (Å²) >= 11 is 0. The number of fused-ring (bicyclic) bond motifs is 3. The molecule has 0 heterocycles.